The van der Waals surface area contributed by atoms with Gasteiger partial charge in [-0.15, -0.1) is 11.6 Å². The number of fused-ring (bicyclic) bond motifs is 1. The van der Waals surface area contributed by atoms with E-state index in [0.29, 0.717) is 17.8 Å². The highest BCUT2D eigenvalue weighted by Gasteiger charge is 2.14. The van der Waals surface area contributed by atoms with E-state index in [9.17, 15) is 4.39 Å². The number of nitrogens with zero attached hydrogens (tertiary/aromatic N) is 2. The number of aromatic nitrogens is 2. The van der Waals surface area contributed by atoms with Crippen molar-refractivity contribution in [2.24, 2.45) is 0 Å². The standard InChI is InChI=1S/C16H13BrClFN2/c1-10-2-4-12(17)15(8-10)21-14-5-3-11(19)9-13(14)20-16(21)6-7-18/h2-5,8-9H,6-7H2,1H3. The van der Waals surface area contributed by atoms with E-state index in [2.05, 4.69) is 27.0 Å². The SMILES string of the molecule is Cc1ccc(Br)c(-n2c(CCCl)nc3cc(F)ccc32)c1. The van der Waals surface area contributed by atoms with E-state index >= 15 is 0 Å². The molecule has 21 heavy (non-hydrogen) atoms. The third kappa shape index (κ3) is 2.70. The van der Waals surface area contributed by atoms with Crippen molar-refractivity contribution in [3.05, 3.63) is 58.1 Å². The van der Waals surface area contributed by atoms with E-state index < -0.39 is 0 Å². The smallest absolute Gasteiger partial charge is 0.125 e. The molecule has 0 spiro atoms. The maximum absolute atomic E-state index is 13.4. The zero-order valence-corrected chi connectivity index (χ0v) is 13.7. The van der Waals surface area contributed by atoms with Crippen LogP contribution in [0.2, 0.25) is 0 Å². The molecule has 0 unspecified atom stereocenters. The molecule has 0 saturated carbocycles. The molecule has 0 atom stereocenters. The van der Waals surface area contributed by atoms with Crippen LogP contribution < -0.4 is 0 Å². The van der Waals surface area contributed by atoms with E-state index in [1.807, 2.05) is 23.6 Å². The van der Waals surface area contributed by atoms with Crippen molar-refractivity contribution >= 4 is 38.6 Å². The van der Waals surface area contributed by atoms with Crippen molar-refractivity contribution in [1.29, 1.82) is 0 Å². The fraction of sp³-hybridized carbons (Fsp3) is 0.188. The highest BCUT2D eigenvalue weighted by Crippen LogP contribution is 2.28. The molecule has 0 fully saturated rings. The van der Waals surface area contributed by atoms with Gasteiger partial charge in [-0.3, -0.25) is 4.57 Å². The molecule has 0 amide bonds. The van der Waals surface area contributed by atoms with E-state index in [-0.39, 0.29) is 5.82 Å². The summed E-state index contributed by atoms with van der Waals surface area (Å²) in [6.07, 6.45) is 0.623. The number of alkyl halides is 1. The van der Waals surface area contributed by atoms with Gasteiger partial charge in [0, 0.05) is 22.8 Å². The molecule has 2 aromatic carbocycles. The van der Waals surface area contributed by atoms with E-state index in [0.717, 1.165) is 27.1 Å². The fourth-order valence-electron chi connectivity index (χ4n) is 2.42. The summed E-state index contributed by atoms with van der Waals surface area (Å²) in [6, 6.07) is 10.8. The van der Waals surface area contributed by atoms with Crippen LogP contribution in [-0.4, -0.2) is 15.4 Å². The Hall–Kier alpha value is -1.39. The van der Waals surface area contributed by atoms with Crippen molar-refractivity contribution in [2.45, 2.75) is 13.3 Å². The summed E-state index contributed by atoms with van der Waals surface area (Å²) in [5.41, 5.74) is 3.66. The van der Waals surface area contributed by atoms with E-state index in [1.54, 1.807) is 6.07 Å². The van der Waals surface area contributed by atoms with Gasteiger partial charge in [0.15, 0.2) is 0 Å². The minimum atomic E-state index is -0.284. The summed E-state index contributed by atoms with van der Waals surface area (Å²) in [4.78, 5) is 4.53. The lowest BCUT2D eigenvalue weighted by Crippen LogP contribution is -2.03. The predicted octanol–water partition coefficient (Wildman–Crippen LogP) is 5.02. The molecule has 0 aliphatic heterocycles. The molecule has 3 aromatic rings. The maximum atomic E-state index is 13.4. The van der Waals surface area contributed by atoms with E-state index in [1.165, 1.54) is 12.1 Å². The first kappa shape index (κ1) is 14.5. The van der Waals surface area contributed by atoms with Gasteiger partial charge < -0.3 is 0 Å². The van der Waals surface area contributed by atoms with Gasteiger partial charge in [0.25, 0.3) is 0 Å². The highest BCUT2D eigenvalue weighted by atomic mass is 79.9. The van der Waals surface area contributed by atoms with Crippen LogP contribution in [0.4, 0.5) is 4.39 Å². The largest absolute Gasteiger partial charge is 0.295 e. The molecule has 0 bridgehead atoms. The van der Waals surface area contributed by atoms with Gasteiger partial charge in [-0.05, 0) is 52.7 Å². The zero-order valence-electron chi connectivity index (χ0n) is 11.4. The molecule has 0 aliphatic rings. The van der Waals surface area contributed by atoms with Crippen LogP contribution in [0.1, 0.15) is 11.4 Å². The number of imidazole rings is 1. The lowest BCUT2D eigenvalue weighted by molar-refractivity contribution is 0.629. The summed E-state index contributed by atoms with van der Waals surface area (Å²) in [7, 11) is 0. The second-order valence-corrected chi connectivity index (χ2v) is 6.12. The number of hydrogen-bond acceptors (Lipinski definition) is 1. The Bertz CT molecular complexity index is 813. The van der Waals surface area contributed by atoms with Crippen molar-refractivity contribution in [2.75, 3.05) is 5.88 Å². The lowest BCUT2D eigenvalue weighted by Gasteiger charge is -2.11. The van der Waals surface area contributed by atoms with Crippen molar-refractivity contribution < 1.29 is 4.39 Å². The van der Waals surface area contributed by atoms with Crippen molar-refractivity contribution in [1.82, 2.24) is 9.55 Å². The van der Waals surface area contributed by atoms with Crippen LogP contribution in [0.25, 0.3) is 16.7 Å². The number of rotatable bonds is 3. The molecule has 0 aliphatic carbocycles. The number of benzene rings is 2. The molecule has 5 heteroatoms. The Balaban J connectivity index is 2.33. The molecule has 1 heterocycles. The second-order valence-electron chi connectivity index (χ2n) is 4.89. The summed E-state index contributed by atoms with van der Waals surface area (Å²) < 4.78 is 16.4. The Morgan fingerprint density at radius 2 is 2.05 bits per heavy atom. The van der Waals surface area contributed by atoms with Gasteiger partial charge in [0.1, 0.15) is 11.6 Å². The number of hydrogen-bond donors (Lipinski definition) is 0. The molecule has 1 aromatic heterocycles. The molecule has 2 nitrogen and oxygen atoms in total. The predicted molar refractivity (Wildman–Crippen MR) is 87.9 cm³/mol. The monoisotopic (exact) mass is 366 g/mol. The molecule has 0 N–H and O–H groups in total. The van der Waals surface area contributed by atoms with Gasteiger partial charge >= 0.3 is 0 Å². The first-order valence-corrected chi connectivity index (χ1v) is 7.92. The molecule has 0 saturated heterocycles. The topological polar surface area (TPSA) is 17.8 Å². The van der Waals surface area contributed by atoms with Crippen LogP contribution >= 0.6 is 27.5 Å². The second kappa shape index (κ2) is 5.78. The number of halogens is 3. The van der Waals surface area contributed by atoms with Gasteiger partial charge in [-0.2, -0.15) is 0 Å². The van der Waals surface area contributed by atoms with Crippen LogP contribution in [0.15, 0.2) is 40.9 Å². The van der Waals surface area contributed by atoms with Crippen LogP contribution in [0, 0.1) is 12.7 Å². The van der Waals surface area contributed by atoms with Gasteiger partial charge in [-0.1, -0.05) is 6.07 Å². The van der Waals surface area contributed by atoms with Crippen LogP contribution in [0.5, 0.6) is 0 Å². The summed E-state index contributed by atoms with van der Waals surface area (Å²) >= 11 is 9.47. The average Bonchev–Trinajstić information content (AvgIpc) is 2.79. The Morgan fingerprint density at radius 1 is 1.24 bits per heavy atom. The molecular formula is C16H13BrClFN2. The molecule has 108 valence electrons. The van der Waals surface area contributed by atoms with Crippen LogP contribution in [-0.2, 0) is 6.42 Å². The zero-order chi connectivity index (χ0) is 15.0. The fourth-order valence-corrected chi connectivity index (χ4v) is 3.01. The Morgan fingerprint density at radius 3 is 2.81 bits per heavy atom. The molecular weight excluding hydrogens is 355 g/mol. The van der Waals surface area contributed by atoms with Crippen molar-refractivity contribution in [3.63, 3.8) is 0 Å². The molecule has 0 radical (unpaired) electrons. The molecule has 3 rings (SSSR count). The first-order chi connectivity index (χ1) is 10.1. The summed E-state index contributed by atoms with van der Waals surface area (Å²) in [6.45, 7) is 2.04. The van der Waals surface area contributed by atoms with Crippen molar-refractivity contribution in [3.8, 4) is 5.69 Å². The Kier molecular flexibility index (Phi) is 4.00. The summed E-state index contributed by atoms with van der Waals surface area (Å²) in [5.74, 6) is 1.01. The van der Waals surface area contributed by atoms with Gasteiger partial charge in [0.2, 0.25) is 0 Å². The van der Waals surface area contributed by atoms with Gasteiger partial charge in [-0.25, -0.2) is 9.37 Å². The Labute approximate surface area is 135 Å². The van der Waals surface area contributed by atoms with Crippen LogP contribution in [0.3, 0.4) is 0 Å². The number of aryl methyl sites for hydroxylation is 2. The quantitative estimate of drug-likeness (QED) is 0.595. The van der Waals surface area contributed by atoms with Gasteiger partial charge in [0.05, 0.1) is 16.7 Å². The minimum Gasteiger partial charge on any atom is -0.295 e. The minimum absolute atomic E-state index is 0.284. The normalized spacial score (nSPS) is 11.2. The average molecular weight is 368 g/mol. The first-order valence-electron chi connectivity index (χ1n) is 6.59. The maximum Gasteiger partial charge on any atom is 0.125 e. The summed E-state index contributed by atoms with van der Waals surface area (Å²) in [5, 5.41) is 0. The lowest BCUT2D eigenvalue weighted by atomic mass is 10.2. The third-order valence-corrected chi connectivity index (χ3v) is 4.21. The van der Waals surface area contributed by atoms with E-state index in [4.69, 9.17) is 11.6 Å². The third-order valence-electron chi connectivity index (χ3n) is 3.35. The highest BCUT2D eigenvalue weighted by molar-refractivity contribution is 9.10.